The van der Waals surface area contributed by atoms with Gasteiger partial charge in [-0.2, -0.15) is 0 Å². The van der Waals surface area contributed by atoms with Crippen molar-refractivity contribution in [3.8, 4) is 0 Å². The molecule has 1 saturated carbocycles. The molecule has 0 atom stereocenters. The van der Waals surface area contributed by atoms with Gasteiger partial charge in [-0.3, -0.25) is 4.79 Å². The van der Waals surface area contributed by atoms with Crippen molar-refractivity contribution < 1.29 is 5.11 Å². The van der Waals surface area contributed by atoms with Crippen LogP contribution in [0.5, 0.6) is 0 Å². The van der Waals surface area contributed by atoms with Gasteiger partial charge < -0.3 is 15.4 Å². The summed E-state index contributed by atoms with van der Waals surface area (Å²) in [5.74, 6) is 1.29. The number of H-pyrrole nitrogens is 1. The first-order valence-corrected chi connectivity index (χ1v) is 7.59. The lowest BCUT2D eigenvalue weighted by atomic mass is 9.87. The predicted molar refractivity (Wildman–Crippen MR) is 82.0 cm³/mol. The molecular formula is C16H21N3O2. The first kappa shape index (κ1) is 14.2. The number of nitrogens with one attached hydrogen (secondary N) is 2. The summed E-state index contributed by atoms with van der Waals surface area (Å²) in [6.07, 6.45) is 3.82. The van der Waals surface area contributed by atoms with Crippen LogP contribution in [-0.2, 0) is 6.54 Å². The van der Waals surface area contributed by atoms with Crippen molar-refractivity contribution in [3.05, 3.63) is 40.4 Å². The molecule has 1 aliphatic rings. The summed E-state index contributed by atoms with van der Waals surface area (Å²) in [6.45, 7) is 1.47. The average molecular weight is 287 g/mol. The quantitative estimate of drug-likeness (QED) is 0.797. The fourth-order valence-corrected chi connectivity index (χ4v) is 2.96. The van der Waals surface area contributed by atoms with Crippen LogP contribution in [0.3, 0.4) is 0 Å². The zero-order valence-electron chi connectivity index (χ0n) is 12.0. The summed E-state index contributed by atoms with van der Waals surface area (Å²) in [5.41, 5.74) is 0.650. The van der Waals surface area contributed by atoms with Gasteiger partial charge in [0.15, 0.2) is 0 Å². The van der Waals surface area contributed by atoms with Crippen LogP contribution in [0.1, 0.15) is 31.5 Å². The zero-order chi connectivity index (χ0) is 14.7. The second kappa shape index (κ2) is 6.37. The average Bonchev–Trinajstić information content (AvgIpc) is 2.49. The molecule has 2 aromatic rings. The van der Waals surface area contributed by atoms with Crippen LogP contribution >= 0.6 is 0 Å². The molecule has 21 heavy (non-hydrogen) atoms. The second-order valence-corrected chi connectivity index (χ2v) is 5.84. The lowest BCUT2D eigenvalue weighted by Gasteiger charge is -2.25. The van der Waals surface area contributed by atoms with Crippen molar-refractivity contribution in [2.45, 2.75) is 38.3 Å². The van der Waals surface area contributed by atoms with Gasteiger partial charge in [-0.25, -0.2) is 4.98 Å². The van der Waals surface area contributed by atoms with Gasteiger partial charge in [0.25, 0.3) is 5.56 Å². The molecule has 0 aliphatic heterocycles. The third-order valence-electron chi connectivity index (χ3n) is 4.20. The molecule has 0 radical (unpaired) electrons. The van der Waals surface area contributed by atoms with E-state index in [0.717, 1.165) is 37.7 Å². The van der Waals surface area contributed by atoms with E-state index in [2.05, 4.69) is 15.3 Å². The van der Waals surface area contributed by atoms with Gasteiger partial charge in [0.1, 0.15) is 5.82 Å². The molecule has 0 saturated heterocycles. The smallest absolute Gasteiger partial charge is 0.258 e. The Balaban J connectivity index is 1.59. The predicted octanol–water partition coefficient (Wildman–Crippen LogP) is 1.56. The summed E-state index contributed by atoms with van der Waals surface area (Å²) in [4.78, 5) is 19.2. The van der Waals surface area contributed by atoms with E-state index < -0.39 is 0 Å². The van der Waals surface area contributed by atoms with E-state index in [4.69, 9.17) is 0 Å². The van der Waals surface area contributed by atoms with Crippen LogP contribution in [0.4, 0.5) is 0 Å². The first-order chi connectivity index (χ1) is 10.2. The van der Waals surface area contributed by atoms with Gasteiger partial charge in [-0.05, 0) is 50.3 Å². The Morgan fingerprint density at radius 2 is 2.00 bits per heavy atom. The number of para-hydroxylation sites is 1. The molecule has 3 rings (SSSR count). The SMILES string of the molecule is O=c1[nH]c(CNCC2CCC(O)CC2)nc2ccccc12. The summed E-state index contributed by atoms with van der Waals surface area (Å²) in [6, 6.07) is 7.37. The van der Waals surface area contributed by atoms with E-state index in [1.54, 1.807) is 6.07 Å². The molecule has 0 bridgehead atoms. The minimum Gasteiger partial charge on any atom is -0.393 e. The van der Waals surface area contributed by atoms with Gasteiger partial charge in [-0.15, -0.1) is 0 Å². The minimum atomic E-state index is -0.111. The van der Waals surface area contributed by atoms with E-state index in [0.29, 0.717) is 23.7 Å². The van der Waals surface area contributed by atoms with Crippen LogP contribution in [0.2, 0.25) is 0 Å². The largest absolute Gasteiger partial charge is 0.393 e. The molecule has 0 amide bonds. The number of aliphatic hydroxyl groups excluding tert-OH is 1. The van der Waals surface area contributed by atoms with Crippen LogP contribution < -0.4 is 10.9 Å². The monoisotopic (exact) mass is 287 g/mol. The summed E-state index contributed by atoms with van der Waals surface area (Å²) < 4.78 is 0. The van der Waals surface area contributed by atoms with Crippen molar-refractivity contribution in [1.29, 1.82) is 0 Å². The lowest BCUT2D eigenvalue weighted by molar-refractivity contribution is 0.108. The van der Waals surface area contributed by atoms with E-state index >= 15 is 0 Å². The highest BCUT2D eigenvalue weighted by Crippen LogP contribution is 2.23. The molecule has 1 fully saturated rings. The van der Waals surface area contributed by atoms with Crippen molar-refractivity contribution in [2.75, 3.05) is 6.54 Å². The Kier molecular flexibility index (Phi) is 4.31. The Bertz CT molecular complexity index is 660. The highest BCUT2D eigenvalue weighted by atomic mass is 16.3. The van der Waals surface area contributed by atoms with Crippen molar-refractivity contribution in [3.63, 3.8) is 0 Å². The Labute approximate surface area is 123 Å². The van der Waals surface area contributed by atoms with E-state index in [1.165, 1.54) is 0 Å². The number of aliphatic hydroxyl groups is 1. The van der Waals surface area contributed by atoms with Gasteiger partial charge in [-0.1, -0.05) is 12.1 Å². The Morgan fingerprint density at radius 3 is 2.81 bits per heavy atom. The molecule has 1 aliphatic carbocycles. The Hall–Kier alpha value is -1.72. The third-order valence-corrected chi connectivity index (χ3v) is 4.20. The highest BCUT2D eigenvalue weighted by Gasteiger charge is 2.18. The Morgan fingerprint density at radius 1 is 1.24 bits per heavy atom. The van der Waals surface area contributed by atoms with Gasteiger partial charge in [0, 0.05) is 0 Å². The molecule has 1 aromatic carbocycles. The van der Waals surface area contributed by atoms with Crippen LogP contribution in [-0.4, -0.2) is 27.7 Å². The number of hydrogen-bond donors (Lipinski definition) is 3. The highest BCUT2D eigenvalue weighted by molar-refractivity contribution is 5.77. The topological polar surface area (TPSA) is 78.0 Å². The number of nitrogens with zero attached hydrogens (tertiary/aromatic N) is 1. The fraction of sp³-hybridized carbons (Fsp3) is 0.500. The van der Waals surface area contributed by atoms with Crippen molar-refractivity contribution in [2.24, 2.45) is 5.92 Å². The normalized spacial score (nSPS) is 22.5. The third kappa shape index (κ3) is 3.49. The van der Waals surface area contributed by atoms with Crippen LogP contribution in [0.25, 0.3) is 10.9 Å². The summed E-state index contributed by atoms with van der Waals surface area (Å²) in [5, 5.41) is 13.5. The lowest BCUT2D eigenvalue weighted by Crippen LogP contribution is -2.28. The zero-order valence-corrected chi connectivity index (χ0v) is 12.0. The summed E-state index contributed by atoms with van der Waals surface area (Å²) >= 11 is 0. The maximum atomic E-state index is 11.9. The van der Waals surface area contributed by atoms with Crippen molar-refractivity contribution >= 4 is 10.9 Å². The number of hydrogen-bond acceptors (Lipinski definition) is 4. The number of fused-ring (bicyclic) bond motifs is 1. The number of aromatic amines is 1. The standard InChI is InChI=1S/C16H21N3O2/c20-12-7-5-11(6-8-12)9-17-10-15-18-14-4-2-1-3-13(14)16(21)19-15/h1-4,11-12,17,20H,5-10H2,(H,18,19,21). The molecule has 0 unspecified atom stereocenters. The maximum Gasteiger partial charge on any atom is 0.258 e. The molecule has 0 spiro atoms. The molecule has 112 valence electrons. The van der Waals surface area contributed by atoms with Gasteiger partial charge in [0.2, 0.25) is 0 Å². The first-order valence-electron chi connectivity index (χ1n) is 7.59. The van der Waals surface area contributed by atoms with Crippen LogP contribution in [0.15, 0.2) is 29.1 Å². The van der Waals surface area contributed by atoms with Crippen LogP contribution in [0, 0.1) is 5.92 Å². The fourth-order valence-electron chi connectivity index (χ4n) is 2.96. The van der Waals surface area contributed by atoms with Gasteiger partial charge in [0.05, 0.1) is 23.6 Å². The number of aromatic nitrogens is 2. The molecule has 3 N–H and O–H groups in total. The molecular weight excluding hydrogens is 266 g/mol. The van der Waals surface area contributed by atoms with Crippen molar-refractivity contribution in [1.82, 2.24) is 15.3 Å². The maximum absolute atomic E-state index is 11.9. The minimum absolute atomic E-state index is 0.0850. The van der Waals surface area contributed by atoms with E-state index in [9.17, 15) is 9.90 Å². The van der Waals surface area contributed by atoms with Gasteiger partial charge >= 0.3 is 0 Å². The van der Waals surface area contributed by atoms with E-state index in [-0.39, 0.29) is 11.7 Å². The molecule has 5 heteroatoms. The number of rotatable bonds is 4. The molecule has 1 heterocycles. The van der Waals surface area contributed by atoms with E-state index in [1.807, 2.05) is 18.2 Å². The summed E-state index contributed by atoms with van der Waals surface area (Å²) in [7, 11) is 0. The number of benzene rings is 1. The second-order valence-electron chi connectivity index (χ2n) is 5.84. The molecule has 1 aromatic heterocycles. The molecule has 5 nitrogen and oxygen atoms in total.